The molecule has 2 rings (SSSR count). The number of carbonyl (C=O) groups is 1. The summed E-state index contributed by atoms with van der Waals surface area (Å²) < 4.78 is 26.0. The first-order chi connectivity index (χ1) is 10.1. The van der Waals surface area contributed by atoms with Crippen LogP contribution < -0.4 is 5.32 Å². The van der Waals surface area contributed by atoms with Crippen LogP contribution in [0.3, 0.4) is 0 Å². The zero-order valence-corrected chi connectivity index (χ0v) is 11.8. The van der Waals surface area contributed by atoms with E-state index in [1.165, 1.54) is 30.3 Å². The predicted molar refractivity (Wildman–Crippen MR) is 78.2 cm³/mol. The monoisotopic (exact) mass is 289 g/mol. The maximum Gasteiger partial charge on any atom is 0.251 e. The lowest BCUT2D eigenvalue weighted by molar-refractivity contribution is 0.0950. The zero-order valence-electron chi connectivity index (χ0n) is 11.8. The van der Waals surface area contributed by atoms with Crippen molar-refractivity contribution in [2.75, 3.05) is 6.54 Å². The molecular weight excluding hydrogens is 272 g/mol. The van der Waals surface area contributed by atoms with E-state index in [1.807, 2.05) is 6.92 Å². The first-order valence-electron chi connectivity index (χ1n) is 6.89. The Balaban J connectivity index is 2.00. The molecule has 1 N–H and O–H groups in total. The van der Waals surface area contributed by atoms with Crippen LogP contribution in [0.1, 0.15) is 35.2 Å². The topological polar surface area (TPSA) is 29.1 Å². The van der Waals surface area contributed by atoms with Gasteiger partial charge in [-0.2, -0.15) is 0 Å². The highest BCUT2D eigenvalue weighted by Gasteiger charge is 2.12. The molecule has 110 valence electrons. The molecule has 0 aliphatic rings. The van der Waals surface area contributed by atoms with Gasteiger partial charge in [-0.15, -0.1) is 0 Å². The molecule has 0 fully saturated rings. The number of benzene rings is 2. The maximum atomic E-state index is 13.1. The van der Waals surface area contributed by atoms with Crippen LogP contribution >= 0.6 is 0 Å². The molecule has 2 aromatic rings. The Bertz CT molecular complexity index is 610. The van der Waals surface area contributed by atoms with Crippen LogP contribution in [0.4, 0.5) is 8.78 Å². The quantitative estimate of drug-likeness (QED) is 0.889. The fraction of sp³-hybridized carbons (Fsp3) is 0.235. The fourth-order valence-electron chi connectivity index (χ4n) is 2.18. The molecule has 1 atom stereocenters. The SMILES string of the molecule is CCC(CNC(=O)c1cccc(F)c1)c1ccc(F)cc1. The smallest absolute Gasteiger partial charge is 0.251 e. The number of carbonyl (C=O) groups excluding carboxylic acids is 1. The Morgan fingerprint density at radius 1 is 1.10 bits per heavy atom. The van der Waals surface area contributed by atoms with Crippen LogP contribution in [0, 0.1) is 11.6 Å². The summed E-state index contributed by atoms with van der Waals surface area (Å²) in [5.74, 6) is -0.927. The molecule has 0 radical (unpaired) electrons. The van der Waals surface area contributed by atoms with E-state index in [9.17, 15) is 13.6 Å². The second kappa shape index (κ2) is 6.97. The molecule has 0 heterocycles. The van der Waals surface area contributed by atoms with Gasteiger partial charge in [0.1, 0.15) is 11.6 Å². The van der Waals surface area contributed by atoms with Gasteiger partial charge in [0.2, 0.25) is 0 Å². The van der Waals surface area contributed by atoms with Gasteiger partial charge in [0.25, 0.3) is 5.91 Å². The Labute approximate surface area is 122 Å². The van der Waals surface area contributed by atoms with Crippen LogP contribution in [0.2, 0.25) is 0 Å². The Hall–Kier alpha value is -2.23. The average Bonchev–Trinajstić information content (AvgIpc) is 2.49. The minimum atomic E-state index is -0.437. The summed E-state index contributed by atoms with van der Waals surface area (Å²) in [7, 11) is 0. The number of hydrogen-bond acceptors (Lipinski definition) is 1. The van der Waals surface area contributed by atoms with Crippen molar-refractivity contribution in [3.05, 3.63) is 71.3 Å². The van der Waals surface area contributed by atoms with E-state index in [4.69, 9.17) is 0 Å². The van der Waals surface area contributed by atoms with Crippen molar-refractivity contribution in [1.29, 1.82) is 0 Å². The van der Waals surface area contributed by atoms with E-state index in [0.717, 1.165) is 12.0 Å². The minimum Gasteiger partial charge on any atom is -0.351 e. The molecule has 4 heteroatoms. The molecule has 0 aliphatic heterocycles. The molecule has 0 spiro atoms. The van der Waals surface area contributed by atoms with Gasteiger partial charge in [0.15, 0.2) is 0 Å². The summed E-state index contributed by atoms with van der Waals surface area (Å²) in [6, 6.07) is 11.8. The van der Waals surface area contributed by atoms with E-state index in [0.29, 0.717) is 12.1 Å². The molecular formula is C17H17F2NO. The van der Waals surface area contributed by atoms with Crippen LogP contribution in [-0.2, 0) is 0 Å². The molecule has 0 aliphatic carbocycles. The first-order valence-corrected chi connectivity index (χ1v) is 6.89. The first kappa shape index (κ1) is 15.2. The van der Waals surface area contributed by atoms with Gasteiger partial charge in [0.05, 0.1) is 0 Å². The molecule has 0 saturated heterocycles. The van der Waals surface area contributed by atoms with E-state index in [1.54, 1.807) is 18.2 Å². The van der Waals surface area contributed by atoms with Gasteiger partial charge in [-0.25, -0.2) is 8.78 Å². The molecule has 0 bridgehead atoms. The van der Waals surface area contributed by atoms with Gasteiger partial charge >= 0.3 is 0 Å². The summed E-state index contributed by atoms with van der Waals surface area (Å²) >= 11 is 0. The standard InChI is InChI=1S/C17H17F2NO/c1-2-12(13-6-8-15(18)9-7-13)11-20-17(21)14-4-3-5-16(19)10-14/h3-10,12H,2,11H2,1H3,(H,20,21). The van der Waals surface area contributed by atoms with Gasteiger partial charge in [0, 0.05) is 18.0 Å². The maximum absolute atomic E-state index is 13.1. The van der Waals surface area contributed by atoms with E-state index < -0.39 is 5.82 Å². The summed E-state index contributed by atoms with van der Waals surface area (Å²) in [5, 5.41) is 2.79. The van der Waals surface area contributed by atoms with Crippen LogP contribution in [0.5, 0.6) is 0 Å². The minimum absolute atomic E-state index is 0.100. The second-order valence-electron chi connectivity index (χ2n) is 4.88. The summed E-state index contributed by atoms with van der Waals surface area (Å²) in [5.41, 5.74) is 1.27. The number of hydrogen-bond donors (Lipinski definition) is 1. The highest BCUT2D eigenvalue weighted by atomic mass is 19.1. The summed E-state index contributed by atoms with van der Waals surface area (Å²) in [6.07, 6.45) is 0.815. The predicted octanol–water partition coefficient (Wildman–Crippen LogP) is 3.89. The van der Waals surface area contributed by atoms with Crippen molar-refractivity contribution in [1.82, 2.24) is 5.32 Å². The van der Waals surface area contributed by atoms with Crippen LogP contribution in [0.15, 0.2) is 48.5 Å². The third-order valence-corrected chi connectivity index (χ3v) is 3.43. The highest BCUT2D eigenvalue weighted by molar-refractivity contribution is 5.94. The van der Waals surface area contributed by atoms with Gasteiger partial charge in [-0.1, -0.05) is 25.1 Å². The summed E-state index contributed by atoms with van der Waals surface area (Å²) in [4.78, 5) is 12.0. The molecule has 2 nitrogen and oxygen atoms in total. The largest absolute Gasteiger partial charge is 0.351 e. The van der Waals surface area contributed by atoms with Crippen LogP contribution in [-0.4, -0.2) is 12.5 Å². The lowest BCUT2D eigenvalue weighted by Gasteiger charge is -2.16. The highest BCUT2D eigenvalue weighted by Crippen LogP contribution is 2.19. The fourth-order valence-corrected chi connectivity index (χ4v) is 2.18. The molecule has 21 heavy (non-hydrogen) atoms. The molecule has 0 aromatic heterocycles. The second-order valence-corrected chi connectivity index (χ2v) is 4.88. The third kappa shape index (κ3) is 4.12. The van der Waals surface area contributed by atoms with E-state index in [-0.39, 0.29) is 17.6 Å². The zero-order chi connectivity index (χ0) is 15.2. The van der Waals surface area contributed by atoms with E-state index >= 15 is 0 Å². The van der Waals surface area contributed by atoms with Crippen molar-refractivity contribution >= 4 is 5.91 Å². The average molecular weight is 289 g/mol. The van der Waals surface area contributed by atoms with Crippen LogP contribution in [0.25, 0.3) is 0 Å². The molecule has 1 amide bonds. The van der Waals surface area contributed by atoms with Crippen molar-refractivity contribution < 1.29 is 13.6 Å². The Morgan fingerprint density at radius 2 is 1.81 bits per heavy atom. The molecule has 0 saturated carbocycles. The lowest BCUT2D eigenvalue weighted by atomic mass is 9.96. The Kier molecular flexibility index (Phi) is 5.04. The van der Waals surface area contributed by atoms with Crippen molar-refractivity contribution in [2.24, 2.45) is 0 Å². The molecule has 2 aromatic carbocycles. The van der Waals surface area contributed by atoms with Crippen molar-refractivity contribution in [3.63, 3.8) is 0 Å². The molecule has 1 unspecified atom stereocenters. The third-order valence-electron chi connectivity index (χ3n) is 3.43. The number of rotatable bonds is 5. The Morgan fingerprint density at radius 3 is 2.43 bits per heavy atom. The number of nitrogens with one attached hydrogen (secondary N) is 1. The normalized spacial score (nSPS) is 12.0. The van der Waals surface area contributed by atoms with Crippen molar-refractivity contribution in [3.8, 4) is 0 Å². The number of halogens is 2. The lowest BCUT2D eigenvalue weighted by Crippen LogP contribution is -2.28. The number of amides is 1. The van der Waals surface area contributed by atoms with Gasteiger partial charge < -0.3 is 5.32 Å². The van der Waals surface area contributed by atoms with Gasteiger partial charge in [-0.3, -0.25) is 4.79 Å². The van der Waals surface area contributed by atoms with E-state index in [2.05, 4.69) is 5.32 Å². The van der Waals surface area contributed by atoms with Gasteiger partial charge in [-0.05, 0) is 42.3 Å². The van der Waals surface area contributed by atoms with Crippen molar-refractivity contribution in [2.45, 2.75) is 19.3 Å². The summed E-state index contributed by atoms with van der Waals surface area (Å²) in [6.45, 7) is 2.43.